The lowest BCUT2D eigenvalue weighted by atomic mass is 10.1. The van der Waals surface area contributed by atoms with Crippen LogP contribution in [0.2, 0.25) is 0 Å². The van der Waals surface area contributed by atoms with Gasteiger partial charge in [-0.1, -0.05) is 18.2 Å². The van der Waals surface area contributed by atoms with Crippen molar-refractivity contribution < 1.29 is 69.6 Å². The van der Waals surface area contributed by atoms with E-state index >= 15 is 8.78 Å². The molecule has 284 valence electrons. The summed E-state index contributed by atoms with van der Waals surface area (Å²) in [5.74, 6) is -2.16. The number of esters is 1. The van der Waals surface area contributed by atoms with Crippen molar-refractivity contribution >= 4 is 60.8 Å². The van der Waals surface area contributed by atoms with Crippen LogP contribution >= 0.6 is 26.0 Å². The van der Waals surface area contributed by atoms with Gasteiger partial charge in [-0.05, 0) is 29.1 Å². The summed E-state index contributed by atoms with van der Waals surface area (Å²) in [6.45, 7) is -5.18. The van der Waals surface area contributed by atoms with E-state index in [1.807, 2.05) is 5.32 Å². The fraction of sp³-hybridized carbons (Fsp3) is 0.429. The number of nitrogens with two attached hydrogens (primary N) is 1. The summed E-state index contributed by atoms with van der Waals surface area (Å²) >= 11 is 0.583. The minimum Gasteiger partial charge on any atom is -0.427 e. The highest BCUT2D eigenvalue weighted by molar-refractivity contribution is 8.54. The molecule has 10 atom stereocenters. The van der Waals surface area contributed by atoms with Crippen molar-refractivity contribution in [1.82, 2.24) is 29.9 Å². The number of hydrogen-bond donors (Lipinski definition) is 3. The van der Waals surface area contributed by atoms with Crippen LogP contribution in [0.5, 0.6) is 5.75 Å². The molecule has 2 bridgehead atoms. The Morgan fingerprint density at radius 1 is 1.08 bits per heavy atom. The molecule has 6 heterocycles. The van der Waals surface area contributed by atoms with Crippen LogP contribution in [0, 0.1) is 0 Å². The van der Waals surface area contributed by atoms with Crippen LogP contribution in [0.15, 0.2) is 49.1 Å². The van der Waals surface area contributed by atoms with Crippen molar-refractivity contribution in [2.24, 2.45) is 0 Å². The largest absolute Gasteiger partial charge is 0.474 e. The number of fused-ring (bicyclic) bond motifs is 4. The fourth-order valence-electron chi connectivity index (χ4n) is 5.71. The van der Waals surface area contributed by atoms with Gasteiger partial charge >= 0.3 is 20.6 Å². The minimum absolute atomic E-state index is 0.0114. The molecule has 3 aromatic rings. The molecule has 0 saturated carbocycles. The molecule has 3 saturated heterocycles. The summed E-state index contributed by atoms with van der Waals surface area (Å²) in [7, 11) is -5.29. The zero-order valence-electron chi connectivity index (χ0n) is 27.1. The highest BCUT2D eigenvalue weighted by atomic mass is 32.7. The van der Waals surface area contributed by atoms with Crippen LogP contribution in [-0.2, 0) is 56.9 Å². The first-order valence-electron chi connectivity index (χ1n) is 15.6. The van der Waals surface area contributed by atoms with E-state index < -0.39 is 94.8 Å². The standard InChI is InChI=1S/C28H29F2N7O13P2S/c1-13(38)46-15-4-2-14(3-5-15)10-53-52(43)45-8-17-20(29)28(37(48-17)16-6-7-19(39)35-26(16)40)50-51(41,42)44-9-18-23(49-52)21(30)27(47-18)36-12-34-22-24(31)32-11-33-25(22)36/h2-7,11-12,16-18,20-21,23,27-28H,8-10H2,1H3,(H,41,42)(H2,31,32,33)(H,35,39,40)/t16?,17-,18-,20-,21-,23-,27-,28-,52?/m1/s1. The predicted molar refractivity (Wildman–Crippen MR) is 174 cm³/mol. The van der Waals surface area contributed by atoms with E-state index in [1.54, 1.807) is 12.1 Å². The van der Waals surface area contributed by atoms with Gasteiger partial charge in [-0.25, -0.2) is 32.9 Å². The normalized spacial score (nSPS) is 35.2. The zero-order valence-corrected chi connectivity index (χ0v) is 29.7. The van der Waals surface area contributed by atoms with E-state index in [0.717, 1.165) is 18.5 Å². The van der Waals surface area contributed by atoms with Crippen molar-refractivity contribution in [2.45, 2.75) is 61.8 Å². The number of imide groups is 1. The van der Waals surface area contributed by atoms with Crippen molar-refractivity contribution in [3.63, 3.8) is 0 Å². The van der Waals surface area contributed by atoms with E-state index in [0.29, 0.717) is 22.0 Å². The summed E-state index contributed by atoms with van der Waals surface area (Å²) in [4.78, 5) is 64.0. The molecule has 25 heteroatoms. The van der Waals surface area contributed by atoms with Crippen LogP contribution in [0.3, 0.4) is 0 Å². The highest BCUT2D eigenvalue weighted by Crippen LogP contribution is 2.64. The number of amides is 2. The molecule has 4 N–H and O–H groups in total. The Morgan fingerprint density at radius 3 is 2.57 bits per heavy atom. The van der Waals surface area contributed by atoms with Gasteiger partial charge in [-0.15, -0.1) is 5.06 Å². The van der Waals surface area contributed by atoms with Crippen LogP contribution in [-0.4, -0.2) is 103 Å². The monoisotopic (exact) mass is 803 g/mol. The van der Waals surface area contributed by atoms with E-state index in [1.165, 1.54) is 30.0 Å². The Hall–Kier alpha value is -3.73. The average Bonchev–Trinajstić information content (AvgIpc) is 3.76. The number of hydrogen-bond acceptors (Lipinski definition) is 18. The second-order valence-corrected chi connectivity index (χ2v) is 17.2. The molecule has 2 aromatic heterocycles. The van der Waals surface area contributed by atoms with E-state index in [2.05, 4.69) is 15.0 Å². The number of carbonyl (C=O) groups is 3. The SMILES string of the molecule is CC(=O)Oc1ccc(CSP2(=O)OC[C@H]3ON(C4C=CC(=O)NC4=O)[C@H](OP(=O)(O)OC[C@H]4O[C@@H](n5cnc6c(N)ncnc65)[C@H](F)[C@@H]4O2)[C@@H]3F)cc1. The Morgan fingerprint density at radius 2 is 1.83 bits per heavy atom. The number of rotatable bonds is 6. The van der Waals surface area contributed by atoms with Gasteiger partial charge in [-0.2, -0.15) is 0 Å². The molecule has 1 aromatic carbocycles. The Labute approximate surface area is 301 Å². The molecule has 2 amide bonds. The average molecular weight is 804 g/mol. The van der Waals surface area contributed by atoms with Gasteiger partial charge in [0.1, 0.15) is 41.9 Å². The number of ether oxygens (including phenoxy) is 2. The van der Waals surface area contributed by atoms with Crippen molar-refractivity contribution in [3.05, 3.63) is 54.6 Å². The molecule has 7 rings (SSSR count). The number of benzene rings is 1. The predicted octanol–water partition coefficient (Wildman–Crippen LogP) is 2.02. The first-order valence-corrected chi connectivity index (χ1v) is 20.2. The van der Waals surface area contributed by atoms with E-state index in [-0.39, 0.29) is 28.5 Å². The number of alkyl halides is 2. The minimum atomic E-state index is -5.29. The number of phosphoric acid groups is 1. The third-order valence-corrected chi connectivity index (χ3v) is 12.8. The quantitative estimate of drug-likeness (QED) is 0.139. The smallest absolute Gasteiger partial charge is 0.427 e. The van der Waals surface area contributed by atoms with Crippen LogP contribution < -0.4 is 15.8 Å². The molecule has 0 radical (unpaired) electrons. The number of carbonyl (C=O) groups excluding carboxylic acids is 3. The molecule has 53 heavy (non-hydrogen) atoms. The topological polar surface area (TPSA) is 255 Å². The van der Waals surface area contributed by atoms with Gasteiger partial charge in [0.2, 0.25) is 5.91 Å². The second kappa shape index (κ2) is 14.8. The fourth-order valence-corrected chi connectivity index (χ4v) is 9.97. The number of phosphoric ester groups is 1. The molecule has 3 fully saturated rings. The Bertz CT molecular complexity index is 2050. The number of imidazole rings is 1. The van der Waals surface area contributed by atoms with Crippen LogP contribution in [0.4, 0.5) is 14.6 Å². The molecule has 0 aliphatic carbocycles. The summed E-state index contributed by atoms with van der Waals surface area (Å²) in [6, 6.07) is 4.55. The molecular weight excluding hydrogens is 774 g/mol. The maximum absolute atomic E-state index is 16.5. The maximum Gasteiger partial charge on any atom is 0.474 e. The molecular formula is C28H29F2N7O13P2S. The Kier molecular flexibility index (Phi) is 10.5. The van der Waals surface area contributed by atoms with Gasteiger partial charge < -0.3 is 20.1 Å². The van der Waals surface area contributed by atoms with Gasteiger partial charge in [0, 0.05) is 18.8 Å². The summed E-state index contributed by atoms with van der Waals surface area (Å²) in [5.41, 5.74) is 6.59. The van der Waals surface area contributed by atoms with E-state index in [4.69, 9.17) is 38.1 Å². The van der Waals surface area contributed by atoms with Gasteiger partial charge in [0.25, 0.3) is 5.91 Å². The van der Waals surface area contributed by atoms with Crippen molar-refractivity contribution in [3.8, 4) is 5.75 Å². The molecule has 4 aliphatic rings. The van der Waals surface area contributed by atoms with Crippen LogP contribution in [0.25, 0.3) is 11.2 Å². The molecule has 4 aliphatic heterocycles. The first-order chi connectivity index (χ1) is 25.2. The van der Waals surface area contributed by atoms with Gasteiger partial charge in [0.05, 0.1) is 19.5 Å². The first kappa shape index (κ1) is 37.6. The lowest BCUT2D eigenvalue weighted by Gasteiger charge is -2.30. The Balaban J connectivity index is 1.21. The second-order valence-electron chi connectivity index (χ2n) is 11.8. The number of anilines is 1. The number of nitrogens with zero attached hydrogens (tertiary/aromatic N) is 5. The lowest BCUT2D eigenvalue weighted by Crippen LogP contribution is -2.52. The molecule has 0 spiro atoms. The number of nitrogen functional groups attached to an aromatic ring is 1. The number of hydroxylamine groups is 2. The van der Waals surface area contributed by atoms with Crippen molar-refractivity contribution in [1.29, 1.82) is 0 Å². The van der Waals surface area contributed by atoms with Crippen molar-refractivity contribution in [2.75, 3.05) is 18.9 Å². The highest BCUT2D eigenvalue weighted by Gasteiger charge is 2.56. The van der Waals surface area contributed by atoms with Crippen LogP contribution in [0.1, 0.15) is 18.7 Å². The summed E-state index contributed by atoms with van der Waals surface area (Å²) in [6.07, 6.45) is -9.07. The zero-order chi connectivity index (χ0) is 37.7. The van der Waals surface area contributed by atoms with Gasteiger partial charge in [0.15, 0.2) is 36.3 Å². The summed E-state index contributed by atoms with van der Waals surface area (Å²) in [5, 5.41) is 2.59. The van der Waals surface area contributed by atoms with E-state index in [9.17, 15) is 28.4 Å². The lowest BCUT2D eigenvalue weighted by molar-refractivity contribution is -0.217. The number of halogens is 2. The van der Waals surface area contributed by atoms with Gasteiger partial charge in [-0.3, -0.25) is 47.2 Å². The third-order valence-electron chi connectivity index (χ3n) is 8.15. The summed E-state index contributed by atoms with van der Waals surface area (Å²) < 4.78 is 94.3. The third kappa shape index (κ3) is 7.91. The number of nitrogens with one attached hydrogen (secondary N) is 1. The molecule has 3 unspecified atom stereocenters. The molecule has 20 nitrogen and oxygen atoms in total. The maximum atomic E-state index is 16.5. The number of aromatic nitrogens is 4.